The van der Waals surface area contributed by atoms with Gasteiger partial charge in [0.1, 0.15) is 11.2 Å². The largest absolute Gasteiger partial charge is 0.456 e. The van der Waals surface area contributed by atoms with E-state index in [4.69, 9.17) is 4.42 Å². The van der Waals surface area contributed by atoms with Crippen molar-refractivity contribution in [2.45, 2.75) is 54.4 Å². The second-order valence-corrected chi connectivity index (χ2v) is 3.97. The summed E-state index contributed by atoms with van der Waals surface area (Å²) in [7, 11) is 0. The van der Waals surface area contributed by atoms with Gasteiger partial charge in [-0.1, -0.05) is 52.0 Å². The van der Waals surface area contributed by atoms with Crippen molar-refractivity contribution in [3.63, 3.8) is 0 Å². The van der Waals surface area contributed by atoms with Crippen LogP contribution in [0.3, 0.4) is 0 Å². The molecule has 2 heteroatoms. The summed E-state index contributed by atoms with van der Waals surface area (Å²) in [5.74, 6) is 0.657. The van der Waals surface area contributed by atoms with E-state index < -0.39 is 0 Å². The highest BCUT2D eigenvalue weighted by molar-refractivity contribution is 5.71. The van der Waals surface area contributed by atoms with Gasteiger partial charge in [0, 0.05) is 11.6 Å². The summed E-state index contributed by atoms with van der Waals surface area (Å²) < 4.78 is 5.76. The Morgan fingerprint density at radius 2 is 1.71 bits per heavy atom. The zero-order chi connectivity index (χ0) is 16.3. The monoisotopic (exact) mass is 288 g/mol. The molecule has 116 valence electrons. The molecule has 1 aliphatic carbocycles. The number of rotatable bonds is 1. The molecule has 1 aromatic heterocycles. The third-order valence-electron chi connectivity index (χ3n) is 2.84. The van der Waals surface area contributed by atoms with Crippen LogP contribution in [0.4, 0.5) is 0 Å². The Morgan fingerprint density at radius 1 is 1.05 bits per heavy atom. The first-order valence-corrected chi connectivity index (χ1v) is 7.90. The third-order valence-corrected chi connectivity index (χ3v) is 2.84. The molecule has 0 aliphatic heterocycles. The average molecular weight is 288 g/mol. The molecule has 0 atom stereocenters. The molecule has 0 aromatic carbocycles. The van der Waals surface area contributed by atoms with Crippen molar-refractivity contribution >= 4 is 17.7 Å². The highest BCUT2D eigenvalue weighted by Gasteiger charge is 2.06. The lowest BCUT2D eigenvalue weighted by molar-refractivity contribution is 0.495. The number of hydrogen-bond donors (Lipinski definition) is 0. The van der Waals surface area contributed by atoms with E-state index in [0.717, 1.165) is 18.4 Å². The first-order valence-electron chi connectivity index (χ1n) is 7.90. The highest BCUT2D eigenvalue weighted by Crippen LogP contribution is 2.18. The summed E-state index contributed by atoms with van der Waals surface area (Å²) in [6.45, 7) is 11.7. The van der Waals surface area contributed by atoms with Gasteiger partial charge < -0.3 is 4.42 Å². The maximum atomic E-state index is 11.9. The second-order valence-electron chi connectivity index (χ2n) is 3.97. The fourth-order valence-corrected chi connectivity index (χ4v) is 1.96. The SMILES string of the molecule is C/C=c1/oc(C2=CCCC=C2)cc(=O)/c1=C/C.CC.CC. The van der Waals surface area contributed by atoms with Crippen LogP contribution in [0.1, 0.15) is 60.1 Å². The maximum absolute atomic E-state index is 11.9. The van der Waals surface area contributed by atoms with Crippen LogP contribution in [0.15, 0.2) is 33.5 Å². The normalized spacial score (nSPS) is 14.7. The molecule has 0 N–H and O–H groups in total. The third kappa shape index (κ3) is 5.22. The van der Waals surface area contributed by atoms with Gasteiger partial charge in [0.05, 0.1) is 5.22 Å². The van der Waals surface area contributed by atoms with Crippen molar-refractivity contribution in [1.82, 2.24) is 0 Å². The van der Waals surface area contributed by atoms with Crippen molar-refractivity contribution in [3.8, 4) is 0 Å². The summed E-state index contributed by atoms with van der Waals surface area (Å²) in [5, 5.41) is 0.636. The van der Waals surface area contributed by atoms with Crippen molar-refractivity contribution in [3.05, 3.63) is 50.9 Å². The van der Waals surface area contributed by atoms with E-state index in [2.05, 4.69) is 12.2 Å². The van der Waals surface area contributed by atoms with Crippen LogP contribution >= 0.6 is 0 Å². The topological polar surface area (TPSA) is 30.2 Å². The molecule has 2 nitrogen and oxygen atoms in total. The Kier molecular flexibility index (Phi) is 9.95. The van der Waals surface area contributed by atoms with E-state index in [-0.39, 0.29) is 5.43 Å². The lowest BCUT2D eigenvalue weighted by atomic mass is 10.0. The molecule has 0 spiro atoms. The van der Waals surface area contributed by atoms with Crippen molar-refractivity contribution in [1.29, 1.82) is 0 Å². The molecule has 21 heavy (non-hydrogen) atoms. The predicted octanol–water partition coefficient (Wildman–Crippen LogP) is 4.03. The Balaban J connectivity index is 0.000000921. The molecule has 1 aliphatic rings. The lowest BCUT2D eigenvalue weighted by Crippen LogP contribution is -2.38. The minimum atomic E-state index is 0.0155. The zero-order valence-electron chi connectivity index (χ0n) is 14.2. The van der Waals surface area contributed by atoms with Crippen LogP contribution in [0.25, 0.3) is 17.7 Å². The molecule has 0 saturated carbocycles. The smallest absolute Gasteiger partial charge is 0.192 e. The van der Waals surface area contributed by atoms with Crippen molar-refractivity contribution < 1.29 is 4.42 Å². The molecule has 0 saturated heterocycles. The van der Waals surface area contributed by atoms with Gasteiger partial charge in [0.25, 0.3) is 0 Å². The van der Waals surface area contributed by atoms with Gasteiger partial charge in [0.2, 0.25) is 0 Å². The van der Waals surface area contributed by atoms with Gasteiger partial charge in [-0.25, -0.2) is 0 Å². The van der Waals surface area contributed by atoms with E-state index in [1.165, 1.54) is 0 Å². The van der Waals surface area contributed by atoms with E-state index in [9.17, 15) is 4.79 Å². The summed E-state index contributed by atoms with van der Waals surface area (Å²) in [5.41, 5.74) is 1.66. The summed E-state index contributed by atoms with van der Waals surface area (Å²) >= 11 is 0. The van der Waals surface area contributed by atoms with Crippen LogP contribution in [0, 0.1) is 0 Å². The quantitative estimate of drug-likeness (QED) is 0.781. The van der Waals surface area contributed by atoms with E-state index >= 15 is 0 Å². The molecular formula is C19H28O2. The Hall–Kier alpha value is -1.83. The van der Waals surface area contributed by atoms with Crippen LogP contribution < -0.4 is 16.1 Å². The molecule has 0 bridgehead atoms. The van der Waals surface area contributed by atoms with Gasteiger partial charge in [-0.05, 0) is 32.8 Å². The summed E-state index contributed by atoms with van der Waals surface area (Å²) in [6.07, 6.45) is 11.9. The Labute approximate surface area is 128 Å². The lowest BCUT2D eigenvalue weighted by Gasteiger charge is -2.05. The Bertz CT molecular complexity index is 643. The molecular weight excluding hydrogens is 260 g/mol. The molecule has 1 aromatic rings. The second kappa shape index (κ2) is 10.9. The molecule has 0 fully saturated rings. The minimum Gasteiger partial charge on any atom is -0.456 e. The molecule has 0 unspecified atom stereocenters. The fourth-order valence-electron chi connectivity index (χ4n) is 1.96. The Morgan fingerprint density at radius 3 is 2.19 bits per heavy atom. The van der Waals surface area contributed by atoms with Crippen LogP contribution in [0.2, 0.25) is 0 Å². The van der Waals surface area contributed by atoms with Crippen LogP contribution in [-0.4, -0.2) is 0 Å². The van der Waals surface area contributed by atoms with Crippen molar-refractivity contribution in [2.75, 3.05) is 0 Å². The van der Waals surface area contributed by atoms with Gasteiger partial charge in [-0.15, -0.1) is 0 Å². The van der Waals surface area contributed by atoms with Crippen LogP contribution in [-0.2, 0) is 0 Å². The van der Waals surface area contributed by atoms with Gasteiger partial charge >= 0.3 is 0 Å². The van der Waals surface area contributed by atoms with Crippen LogP contribution in [0.5, 0.6) is 0 Å². The molecule has 1 heterocycles. The summed E-state index contributed by atoms with van der Waals surface area (Å²) in [6, 6.07) is 1.57. The maximum Gasteiger partial charge on any atom is 0.192 e. The van der Waals surface area contributed by atoms with Gasteiger partial charge in [0.15, 0.2) is 5.43 Å². The zero-order valence-corrected chi connectivity index (χ0v) is 14.2. The first kappa shape index (κ1) is 19.2. The molecule has 0 radical (unpaired) electrons. The standard InChI is InChI=1S/C15H16O2.2C2H6/c1-3-12-13(16)10-15(17-14(12)4-2)11-8-6-5-7-9-11;2*1-2/h3-4,6,8-10H,5,7H2,1-2H3;2*1-2H3/b12-3-,14-4+;;. The number of allylic oxidation sites excluding steroid dienone is 4. The van der Waals surface area contributed by atoms with Crippen molar-refractivity contribution in [2.24, 2.45) is 0 Å². The van der Waals surface area contributed by atoms with Gasteiger partial charge in [-0.3, -0.25) is 4.79 Å². The minimum absolute atomic E-state index is 0.0155. The van der Waals surface area contributed by atoms with E-state index in [1.807, 2.05) is 53.7 Å². The van der Waals surface area contributed by atoms with E-state index in [0.29, 0.717) is 16.4 Å². The number of hydrogen-bond acceptors (Lipinski definition) is 2. The summed E-state index contributed by atoms with van der Waals surface area (Å²) in [4.78, 5) is 11.9. The highest BCUT2D eigenvalue weighted by atomic mass is 16.3. The predicted molar refractivity (Wildman–Crippen MR) is 93.6 cm³/mol. The van der Waals surface area contributed by atoms with Gasteiger partial charge in [-0.2, -0.15) is 0 Å². The first-order chi connectivity index (χ1) is 10.3. The molecule has 0 amide bonds. The molecule has 2 rings (SSSR count). The van der Waals surface area contributed by atoms with E-state index in [1.54, 1.807) is 12.1 Å². The average Bonchev–Trinajstić information content (AvgIpc) is 2.58. The fraction of sp³-hybridized carbons (Fsp3) is 0.421.